The first kappa shape index (κ1) is 17.6. The van der Waals surface area contributed by atoms with E-state index in [1.165, 1.54) is 24.3 Å². The van der Waals surface area contributed by atoms with Gasteiger partial charge in [0.1, 0.15) is 5.82 Å². The van der Waals surface area contributed by atoms with Gasteiger partial charge >= 0.3 is 0 Å². The Morgan fingerprint density at radius 2 is 1.87 bits per heavy atom. The molecule has 0 aliphatic heterocycles. The molecule has 0 aliphatic carbocycles. The standard InChI is InChI=1S/C15H20FN3O3S/c1-15(2,3)14-18-13(19-22-14)8-9-17-23(20,21)10-11-4-6-12(16)7-5-11/h4-7,17H,8-10H2,1-3H3. The van der Waals surface area contributed by atoms with Gasteiger partial charge in [0, 0.05) is 18.4 Å². The van der Waals surface area contributed by atoms with Gasteiger partial charge in [0.05, 0.1) is 5.75 Å². The van der Waals surface area contributed by atoms with Crippen molar-refractivity contribution in [2.75, 3.05) is 6.54 Å². The Labute approximate surface area is 135 Å². The molecule has 1 heterocycles. The number of nitrogens with zero attached hydrogens (tertiary/aromatic N) is 2. The summed E-state index contributed by atoms with van der Waals surface area (Å²) >= 11 is 0. The van der Waals surface area contributed by atoms with Gasteiger partial charge in [-0.15, -0.1) is 0 Å². The van der Waals surface area contributed by atoms with Crippen LogP contribution in [0.1, 0.15) is 38.0 Å². The first-order chi connectivity index (χ1) is 10.7. The minimum atomic E-state index is -3.50. The van der Waals surface area contributed by atoms with Gasteiger partial charge in [0.15, 0.2) is 5.82 Å². The molecule has 0 fully saturated rings. The molecule has 0 atom stereocenters. The second-order valence-electron chi connectivity index (χ2n) is 6.30. The lowest BCUT2D eigenvalue weighted by molar-refractivity contribution is 0.318. The van der Waals surface area contributed by atoms with E-state index < -0.39 is 15.8 Å². The Bertz CT molecular complexity index is 749. The fourth-order valence-electron chi connectivity index (χ4n) is 1.83. The monoisotopic (exact) mass is 341 g/mol. The molecule has 2 aromatic rings. The van der Waals surface area contributed by atoms with Crippen LogP contribution in [-0.2, 0) is 27.6 Å². The number of sulfonamides is 1. The van der Waals surface area contributed by atoms with Crippen LogP contribution in [0.15, 0.2) is 28.8 Å². The number of benzene rings is 1. The molecule has 6 nitrogen and oxygen atoms in total. The number of rotatable bonds is 6. The maximum absolute atomic E-state index is 12.8. The minimum absolute atomic E-state index is 0.173. The first-order valence-corrected chi connectivity index (χ1v) is 8.86. The van der Waals surface area contributed by atoms with Crippen LogP contribution in [0.25, 0.3) is 0 Å². The number of hydrogen-bond donors (Lipinski definition) is 1. The highest BCUT2D eigenvalue weighted by Gasteiger charge is 2.21. The highest BCUT2D eigenvalue weighted by molar-refractivity contribution is 7.88. The molecule has 0 radical (unpaired) electrons. The van der Waals surface area contributed by atoms with Gasteiger partial charge in [-0.3, -0.25) is 0 Å². The molecule has 126 valence electrons. The van der Waals surface area contributed by atoms with E-state index in [0.29, 0.717) is 23.7 Å². The van der Waals surface area contributed by atoms with Crippen molar-refractivity contribution < 1.29 is 17.3 Å². The van der Waals surface area contributed by atoms with Crippen molar-refractivity contribution in [3.05, 3.63) is 47.4 Å². The normalized spacial score (nSPS) is 12.5. The summed E-state index contributed by atoms with van der Waals surface area (Å²) in [6, 6.07) is 5.36. The highest BCUT2D eigenvalue weighted by Crippen LogP contribution is 2.19. The van der Waals surface area contributed by atoms with Crippen molar-refractivity contribution in [1.29, 1.82) is 0 Å². The average Bonchev–Trinajstić information content (AvgIpc) is 2.90. The molecule has 0 saturated heterocycles. The van der Waals surface area contributed by atoms with Crippen LogP contribution in [-0.4, -0.2) is 25.1 Å². The summed E-state index contributed by atoms with van der Waals surface area (Å²) in [6.07, 6.45) is 0.336. The summed E-state index contributed by atoms with van der Waals surface area (Å²) in [6.45, 7) is 6.04. The molecular formula is C15H20FN3O3S. The van der Waals surface area contributed by atoms with Crippen LogP contribution in [0.3, 0.4) is 0 Å². The fourth-order valence-corrected chi connectivity index (χ4v) is 2.98. The molecule has 0 saturated carbocycles. The van der Waals surface area contributed by atoms with Gasteiger partial charge in [0.2, 0.25) is 15.9 Å². The summed E-state index contributed by atoms with van der Waals surface area (Å²) in [5.41, 5.74) is 0.279. The second-order valence-corrected chi connectivity index (χ2v) is 8.10. The molecule has 23 heavy (non-hydrogen) atoms. The summed E-state index contributed by atoms with van der Waals surface area (Å²) < 4.78 is 44.4. The molecular weight excluding hydrogens is 321 g/mol. The molecule has 0 unspecified atom stereocenters. The summed E-state index contributed by atoms with van der Waals surface area (Å²) in [5, 5.41) is 3.83. The predicted octanol–water partition coefficient (Wildman–Crippen LogP) is 2.17. The van der Waals surface area contributed by atoms with Crippen molar-refractivity contribution in [2.24, 2.45) is 0 Å². The Hall–Kier alpha value is -1.80. The van der Waals surface area contributed by atoms with E-state index in [-0.39, 0.29) is 17.7 Å². The Morgan fingerprint density at radius 3 is 2.43 bits per heavy atom. The molecule has 0 amide bonds. The average molecular weight is 341 g/mol. The largest absolute Gasteiger partial charge is 0.339 e. The first-order valence-electron chi connectivity index (χ1n) is 7.20. The maximum atomic E-state index is 12.8. The molecule has 1 N–H and O–H groups in total. The lowest BCUT2D eigenvalue weighted by Gasteiger charge is -2.10. The predicted molar refractivity (Wildman–Crippen MR) is 83.7 cm³/mol. The SMILES string of the molecule is CC(C)(C)c1nc(CCNS(=O)(=O)Cc2ccc(F)cc2)no1. The Balaban J connectivity index is 1.87. The van der Waals surface area contributed by atoms with Gasteiger partial charge in [-0.1, -0.05) is 38.1 Å². The molecule has 8 heteroatoms. The van der Waals surface area contributed by atoms with Gasteiger partial charge in [-0.2, -0.15) is 4.98 Å². The zero-order valence-electron chi connectivity index (χ0n) is 13.3. The maximum Gasteiger partial charge on any atom is 0.232 e. The third-order valence-corrected chi connectivity index (χ3v) is 4.41. The van der Waals surface area contributed by atoms with Crippen molar-refractivity contribution in [3.8, 4) is 0 Å². The smallest absolute Gasteiger partial charge is 0.232 e. The molecule has 0 spiro atoms. The van der Waals surface area contributed by atoms with Crippen LogP contribution in [0.4, 0.5) is 4.39 Å². The van der Waals surface area contributed by atoms with Crippen molar-refractivity contribution in [1.82, 2.24) is 14.9 Å². The van der Waals surface area contributed by atoms with Crippen LogP contribution in [0.5, 0.6) is 0 Å². The summed E-state index contributed by atoms with van der Waals surface area (Å²) in [4.78, 5) is 4.24. The van der Waals surface area contributed by atoms with Crippen LogP contribution in [0, 0.1) is 5.82 Å². The van der Waals surface area contributed by atoms with Crippen LogP contribution in [0.2, 0.25) is 0 Å². The number of aromatic nitrogens is 2. The van der Waals surface area contributed by atoms with E-state index >= 15 is 0 Å². The van der Waals surface area contributed by atoms with E-state index in [1.54, 1.807) is 0 Å². The molecule has 0 bridgehead atoms. The van der Waals surface area contributed by atoms with Crippen LogP contribution < -0.4 is 4.72 Å². The van der Waals surface area contributed by atoms with E-state index in [9.17, 15) is 12.8 Å². The highest BCUT2D eigenvalue weighted by atomic mass is 32.2. The molecule has 2 rings (SSSR count). The lowest BCUT2D eigenvalue weighted by atomic mass is 9.97. The van der Waals surface area contributed by atoms with Gasteiger partial charge in [-0.25, -0.2) is 17.5 Å². The Morgan fingerprint density at radius 1 is 1.22 bits per heavy atom. The zero-order valence-corrected chi connectivity index (χ0v) is 14.2. The van der Waals surface area contributed by atoms with E-state index in [0.717, 1.165) is 0 Å². The number of hydrogen-bond acceptors (Lipinski definition) is 5. The summed E-state index contributed by atoms with van der Waals surface area (Å²) in [5.74, 6) is 0.374. The fraction of sp³-hybridized carbons (Fsp3) is 0.467. The van der Waals surface area contributed by atoms with Crippen LogP contribution >= 0.6 is 0 Å². The summed E-state index contributed by atoms with van der Waals surface area (Å²) in [7, 11) is -3.50. The van der Waals surface area contributed by atoms with E-state index in [2.05, 4.69) is 14.9 Å². The van der Waals surface area contributed by atoms with Gasteiger partial charge < -0.3 is 4.52 Å². The lowest BCUT2D eigenvalue weighted by Crippen LogP contribution is -2.27. The molecule has 0 aliphatic rings. The van der Waals surface area contributed by atoms with E-state index in [1.807, 2.05) is 20.8 Å². The van der Waals surface area contributed by atoms with E-state index in [4.69, 9.17) is 4.52 Å². The van der Waals surface area contributed by atoms with Crippen molar-refractivity contribution in [2.45, 2.75) is 38.4 Å². The number of nitrogens with one attached hydrogen (secondary N) is 1. The third kappa shape index (κ3) is 5.40. The number of halogens is 1. The third-order valence-electron chi connectivity index (χ3n) is 3.05. The quantitative estimate of drug-likeness (QED) is 0.870. The minimum Gasteiger partial charge on any atom is -0.339 e. The van der Waals surface area contributed by atoms with Crippen molar-refractivity contribution in [3.63, 3.8) is 0 Å². The topological polar surface area (TPSA) is 85.1 Å². The zero-order chi connectivity index (χ0) is 17.1. The Kier molecular flexibility index (Phi) is 5.16. The second kappa shape index (κ2) is 6.76. The molecule has 1 aromatic heterocycles. The molecule has 1 aromatic carbocycles. The van der Waals surface area contributed by atoms with Crippen molar-refractivity contribution >= 4 is 10.0 Å². The van der Waals surface area contributed by atoms with Gasteiger partial charge in [-0.05, 0) is 17.7 Å². The van der Waals surface area contributed by atoms with Gasteiger partial charge in [0.25, 0.3) is 0 Å².